The fourth-order valence-electron chi connectivity index (χ4n) is 3.77. The van der Waals surface area contributed by atoms with Crippen LogP contribution in [0.15, 0.2) is 29.6 Å². The first kappa shape index (κ1) is 21.4. The highest BCUT2D eigenvalue weighted by Crippen LogP contribution is 2.19. The lowest BCUT2D eigenvalue weighted by Crippen LogP contribution is -2.51. The summed E-state index contributed by atoms with van der Waals surface area (Å²) in [6, 6.07) is 5.68. The van der Waals surface area contributed by atoms with Crippen molar-refractivity contribution < 1.29 is 18.8 Å². The topological polar surface area (TPSA) is 85.9 Å². The number of rotatable bonds is 5. The maximum Gasteiger partial charge on any atom is 0.273 e. The van der Waals surface area contributed by atoms with Gasteiger partial charge in [0.1, 0.15) is 11.5 Å². The first-order chi connectivity index (χ1) is 15.0. The van der Waals surface area contributed by atoms with Gasteiger partial charge in [0.15, 0.2) is 5.13 Å². The van der Waals surface area contributed by atoms with E-state index in [1.807, 2.05) is 4.90 Å². The third-order valence-electron chi connectivity index (χ3n) is 5.54. The zero-order chi connectivity index (χ0) is 21.8. The molecule has 2 saturated heterocycles. The summed E-state index contributed by atoms with van der Waals surface area (Å²) in [6.07, 6.45) is 2.15. The van der Waals surface area contributed by atoms with Gasteiger partial charge in [-0.1, -0.05) is 12.1 Å². The molecular weight excluding hydrogens is 421 g/mol. The molecule has 0 aliphatic carbocycles. The molecular formula is C21H24FN5O3S. The Labute approximate surface area is 183 Å². The SMILES string of the molecule is O=C(Nc1nc(C(=O)N2CCN(CC(=O)N3CCCC3)CC2)cs1)c1ccccc1F. The van der Waals surface area contributed by atoms with E-state index in [0.29, 0.717) is 32.7 Å². The Hall–Kier alpha value is -2.85. The predicted octanol–water partition coefficient (Wildman–Crippen LogP) is 1.91. The van der Waals surface area contributed by atoms with Crippen molar-refractivity contribution in [3.05, 3.63) is 46.7 Å². The van der Waals surface area contributed by atoms with E-state index in [0.717, 1.165) is 37.3 Å². The number of anilines is 1. The minimum atomic E-state index is -0.617. The molecule has 4 rings (SSSR count). The Morgan fingerprint density at radius 3 is 2.42 bits per heavy atom. The lowest BCUT2D eigenvalue weighted by atomic mass is 10.2. The van der Waals surface area contributed by atoms with Crippen molar-refractivity contribution in [1.29, 1.82) is 0 Å². The molecule has 0 bridgehead atoms. The highest BCUT2D eigenvalue weighted by atomic mass is 32.1. The van der Waals surface area contributed by atoms with Crippen LogP contribution >= 0.6 is 11.3 Å². The van der Waals surface area contributed by atoms with E-state index in [1.165, 1.54) is 18.2 Å². The second-order valence-corrected chi connectivity index (χ2v) is 8.49. The maximum atomic E-state index is 13.8. The van der Waals surface area contributed by atoms with Gasteiger partial charge in [-0.2, -0.15) is 0 Å². The smallest absolute Gasteiger partial charge is 0.273 e. The van der Waals surface area contributed by atoms with Gasteiger partial charge in [-0.05, 0) is 25.0 Å². The molecule has 3 heterocycles. The fourth-order valence-corrected chi connectivity index (χ4v) is 4.45. The Balaban J connectivity index is 1.28. The molecule has 1 N–H and O–H groups in total. The first-order valence-corrected chi connectivity index (χ1v) is 11.2. The molecule has 0 spiro atoms. The molecule has 0 radical (unpaired) electrons. The molecule has 1 aromatic carbocycles. The van der Waals surface area contributed by atoms with Crippen LogP contribution in [0, 0.1) is 5.82 Å². The van der Waals surface area contributed by atoms with Crippen molar-refractivity contribution in [3.8, 4) is 0 Å². The molecule has 2 aliphatic heterocycles. The number of piperazine rings is 1. The van der Waals surface area contributed by atoms with Gasteiger partial charge < -0.3 is 9.80 Å². The van der Waals surface area contributed by atoms with E-state index in [4.69, 9.17) is 0 Å². The van der Waals surface area contributed by atoms with E-state index >= 15 is 0 Å². The zero-order valence-corrected chi connectivity index (χ0v) is 17.9. The summed E-state index contributed by atoms with van der Waals surface area (Å²) in [4.78, 5) is 47.2. The molecule has 2 aromatic rings. The van der Waals surface area contributed by atoms with E-state index in [1.54, 1.807) is 16.3 Å². The normalized spacial score (nSPS) is 17.1. The average Bonchev–Trinajstić information content (AvgIpc) is 3.46. The molecule has 1 aromatic heterocycles. The molecule has 2 fully saturated rings. The largest absolute Gasteiger partial charge is 0.342 e. The Morgan fingerprint density at radius 1 is 1.00 bits per heavy atom. The summed E-state index contributed by atoms with van der Waals surface area (Å²) in [5, 5.41) is 4.37. The third kappa shape index (κ3) is 5.08. The fraction of sp³-hybridized carbons (Fsp3) is 0.429. The monoisotopic (exact) mass is 445 g/mol. The molecule has 0 atom stereocenters. The van der Waals surface area contributed by atoms with Gasteiger partial charge in [-0.3, -0.25) is 24.6 Å². The number of carbonyl (C=O) groups is 3. The number of nitrogens with zero attached hydrogens (tertiary/aromatic N) is 4. The van der Waals surface area contributed by atoms with Gasteiger partial charge in [0, 0.05) is 44.6 Å². The Morgan fingerprint density at radius 2 is 1.71 bits per heavy atom. The van der Waals surface area contributed by atoms with Gasteiger partial charge in [0.2, 0.25) is 5.91 Å². The number of amides is 3. The van der Waals surface area contributed by atoms with Gasteiger partial charge in [0.05, 0.1) is 12.1 Å². The summed E-state index contributed by atoms with van der Waals surface area (Å²) in [5.41, 5.74) is 0.167. The molecule has 8 nitrogen and oxygen atoms in total. The molecule has 31 heavy (non-hydrogen) atoms. The number of halogens is 1. The molecule has 3 amide bonds. The molecule has 164 valence electrons. The highest BCUT2D eigenvalue weighted by molar-refractivity contribution is 7.14. The molecule has 2 aliphatic rings. The maximum absolute atomic E-state index is 13.8. The zero-order valence-electron chi connectivity index (χ0n) is 17.1. The summed E-state index contributed by atoms with van der Waals surface area (Å²) < 4.78 is 13.8. The standard InChI is InChI=1S/C21H24FN5O3S/c22-16-6-2-1-5-15(16)19(29)24-21-23-17(14-31-21)20(30)27-11-9-25(10-12-27)13-18(28)26-7-3-4-8-26/h1-2,5-6,14H,3-4,7-13H2,(H,23,24,29). The first-order valence-electron chi connectivity index (χ1n) is 10.3. The van der Waals surface area contributed by atoms with E-state index in [-0.39, 0.29) is 28.2 Å². The lowest BCUT2D eigenvalue weighted by molar-refractivity contribution is -0.131. The Bertz CT molecular complexity index is 967. The quantitative estimate of drug-likeness (QED) is 0.760. The van der Waals surface area contributed by atoms with Gasteiger partial charge >= 0.3 is 0 Å². The third-order valence-corrected chi connectivity index (χ3v) is 6.30. The van der Waals surface area contributed by atoms with Crippen LogP contribution in [0.5, 0.6) is 0 Å². The average molecular weight is 446 g/mol. The van der Waals surface area contributed by atoms with Crippen molar-refractivity contribution in [3.63, 3.8) is 0 Å². The Kier molecular flexibility index (Phi) is 6.57. The number of nitrogens with one attached hydrogen (secondary N) is 1. The second kappa shape index (κ2) is 9.52. The molecule has 10 heteroatoms. The van der Waals surface area contributed by atoms with E-state index < -0.39 is 11.7 Å². The van der Waals surface area contributed by atoms with Gasteiger partial charge in [-0.25, -0.2) is 9.37 Å². The number of thiazole rings is 1. The number of likely N-dealkylation sites (tertiary alicyclic amines) is 1. The minimum Gasteiger partial charge on any atom is -0.342 e. The van der Waals surface area contributed by atoms with Crippen LogP contribution in [0.25, 0.3) is 0 Å². The van der Waals surface area contributed by atoms with E-state index in [2.05, 4.69) is 15.2 Å². The van der Waals surface area contributed by atoms with E-state index in [9.17, 15) is 18.8 Å². The van der Waals surface area contributed by atoms with Crippen LogP contribution in [-0.4, -0.2) is 83.2 Å². The number of benzene rings is 1. The molecule has 0 saturated carbocycles. The van der Waals surface area contributed by atoms with Crippen molar-refractivity contribution in [1.82, 2.24) is 19.7 Å². The van der Waals surface area contributed by atoms with Gasteiger partial charge in [0.25, 0.3) is 11.8 Å². The highest BCUT2D eigenvalue weighted by Gasteiger charge is 2.27. The van der Waals surface area contributed by atoms with Gasteiger partial charge in [-0.15, -0.1) is 11.3 Å². The van der Waals surface area contributed by atoms with Crippen LogP contribution in [-0.2, 0) is 4.79 Å². The number of carbonyl (C=O) groups excluding carboxylic acids is 3. The van der Waals surface area contributed by atoms with Crippen LogP contribution in [0.3, 0.4) is 0 Å². The van der Waals surface area contributed by atoms with Crippen LogP contribution in [0.1, 0.15) is 33.7 Å². The number of aromatic nitrogens is 1. The predicted molar refractivity (Wildman–Crippen MR) is 115 cm³/mol. The van der Waals surface area contributed by atoms with Crippen LogP contribution < -0.4 is 5.32 Å². The summed E-state index contributed by atoms with van der Waals surface area (Å²) >= 11 is 1.12. The number of hydrogen-bond donors (Lipinski definition) is 1. The summed E-state index contributed by atoms with van der Waals surface area (Å²) in [5.74, 6) is -1.28. The summed E-state index contributed by atoms with van der Waals surface area (Å²) in [7, 11) is 0. The van der Waals surface area contributed by atoms with Crippen molar-refractivity contribution in [2.45, 2.75) is 12.8 Å². The van der Waals surface area contributed by atoms with Crippen LogP contribution in [0.2, 0.25) is 0 Å². The van der Waals surface area contributed by atoms with Crippen molar-refractivity contribution >= 4 is 34.2 Å². The van der Waals surface area contributed by atoms with Crippen LogP contribution in [0.4, 0.5) is 9.52 Å². The minimum absolute atomic E-state index is 0.0785. The molecule has 0 unspecified atom stereocenters. The van der Waals surface area contributed by atoms with Crippen molar-refractivity contribution in [2.75, 3.05) is 51.1 Å². The summed E-state index contributed by atoms with van der Waals surface area (Å²) in [6.45, 7) is 4.37. The number of hydrogen-bond acceptors (Lipinski definition) is 6. The van der Waals surface area contributed by atoms with Crippen molar-refractivity contribution in [2.24, 2.45) is 0 Å². The second-order valence-electron chi connectivity index (χ2n) is 7.63. The lowest BCUT2D eigenvalue weighted by Gasteiger charge is -2.34.